The molecule has 1 aromatic rings. The normalized spacial score (nSPS) is 34.0. The smallest absolute Gasteiger partial charge is 0.0545 e. The van der Waals surface area contributed by atoms with Gasteiger partial charge in [0.1, 0.15) is 0 Å². The highest BCUT2D eigenvalue weighted by atomic mass is 15.1. The van der Waals surface area contributed by atoms with Crippen molar-refractivity contribution in [3.63, 3.8) is 0 Å². The molecule has 1 aromatic heterocycles. The van der Waals surface area contributed by atoms with E-state index in [4.69, 9.17) is 4.98 Å². The molecule has 26 heavy (non-hydrogen) atoms. The lowest BCUT2D eigenvalue weighted by molar-refractivity contribution is 0.266. The van der Waals surface area contributed by atoms with Crippen LogP contribution in [0.2, 0.25) is 0 Å². The van der Waals surface area contributed by atoms with E-state index in [0.29, 0.717) is 24.2 Å². The maximum Gasteiger partial charge on any atom is 0.0545 e. The van der Waals surface area contributed by atoms with E-state index in [-0.39, 0.29) is 0 Å². The number of aromatic nitrogens is 1. The second-order valence-corrected chi connectivity index (χ2v) is 8.29. The minimum atomic E-state index is 0.569. The molecule has 2 aliphatic carbocycles. The molecule has 4 atom stereocenters. The molecule has 4 N–H and O–H groups in total. The third-order valence-corrected chi connectivity index (χ3v) is 6.43. The third kappa shape index (κ3) is 4.83. The average Bonchev–Trinajstić information content (AvgIpc) is 2.69. The Morgan fingerprint density at radius 3 is 1.50 bits per heavy atom. The van der Waals surface area contributed by atoms with Gasteiger partial charge < -0.3 is 21.3 Å². The van der Waals surface area contributed by atoms with Gasteiger partial charge >= 0.3 is 0 Å². The van der Waals surface area contributed by atoms with Crippen molar-refractivity contribution in [3.05, 3.63) is 29.6 Å². The van der Waals surface area contributed by atoms with Gasteiger partial charge in [0.2, 0.25) is 0 Å². The summed E-state index contributed by atoms with van der Waals surface area (Å²) in [7, 11) is 0. The Kier molecular flexibility index (Phi) is 6.54. The van der Waals surface area contributed by atoms with Gasteiger partial charge in [0, 0.05) is 50.3 Å². The van der Waals surface area contributed by atoms with Crippen LogP contribution < -0.4 is 21.3 Å². The second-order valence-electron chi connectivity index (χ2n) is 8.29. The monoisotopic (exact) mass is 357 g/mol. The predicted octanol–water partition coefficient (Wildman–Crippen LogP) is 2.08. The molecule has 5 nitrogen and oxygen atoms in total. The molecule has 0 saturated heterocycles. The number of hydrogen-bond acceptors (Lipinski definition) is 5. The van der Waals surface area contributed by atoms with Gasteiger partial charge in [-0.3, -0.25) is 4.98 Å². The quantitative estimate of drug-likeness (QED) is 0.573. The fourth-order valence-corrected chi connectivity index (χ4v) is 4.95. The van der Waals surface area contributed by atoms with Crippen LogP contribution in [0.25, 0.3) is 0 Å². The van der Waals surface area contributed by atoms with Crippen LogP contribution in [0.1, 0.15) is 62.8 Å². The van der Waals surface area contributed by atoms with Crippen LogP contribution in [0.4, 0.5) is 0 Å². The molecule has 0 spiro atoms. The van der Waals surface area contributed by atoms with Crippen LogP contribution in [0.15, 0.2) is 18.2 Å². The average molecular weight is 358 g/mol. The molecule has 2 fully saturated rings. The van der Waals surface area contributed by atoms with Crippen molar-refractivity contribution >= 4 is 0 Å². The highest BCUT2D eigenvalue weighted by Gasteiger charge is 2.26. The molecular formula is C21H35N5. The van der Waals surface area contributed by atoms with Gasteiger partial charge in [0.15, 0.2) is 0 Å². The van der Waals surface area contributed by atoms with E-state index >= 15 is 0 Å². The molecule has 5 heteroatoms. The van der Waals surface area contributed by atoms with Gasteiger partial charge in [0.05, 0.1) is 11.4 Å². The van der Waals surface area contributed by atoms with E-state index < -0.39 is 0 Å². The number of fused-ring (bicyclic) bond motifs is 4. The number of nitrogens with zero attached hydrogens (tertiary/aromatic N) is 1. The lowest BCUT2D eigenvalue weighted by Crippen LogP contribution is -2.53. The second kappa shape index (κ2) is 9.27. The molecule has 1 aliphatic heterocycles. The minimum absolute atomic E-state index is 0.569. The summed E-state index contributed by atoms with van der Waals surface area (Å²) in [4.78, 5) is 4.89. The van der Waals surface area contributed by atoms with Gasteiger partial charge in [-0.2, -0.15) is 0 Å². The molecule has 0 amide bonds. The van der Waals surface area contributed by atoms with Gasteiger partial charge in [-0.25, -0.2) is 0 Å². The van der Waals surface area contributed by atoms with E-state index in [1.54, 1.807) is 0 Å². The molecule has 0 aromatic carbocycles. The molecule has 2 saturated carbocycles. The summed E-state index contributed by atoms with van der Waals surface area (Å²) in [6.07, 6.45) is 10.5. The van der Waals surface area contributed by atoms with Crippen molar-refractivity contribution in [1.29, 1.82) is 0 Å². The summed E-state index contributed by atoms with van der Waals surface area (Å²) in [5.41, 5.74) is 2.34. The molecule has 3 unspecified atom stereocenters. The maximum absolute atomic E-state index is 4.89. The first-order valence-corrected chi connectivity index (χ1v) is 10.8. The fourth-order valence-electron chi connectivity index (χ4n) is 4.95. The highest BCUT2D eigenvalue weighted by molar-refractivity contribution is 5.12. The van der Waals surface area contributed by atoms with E-state index in [2.05, 4.69) is 39.5 Å². The molecule has 4 rings (SSSR count). The molecule has 2 heterocycles. The van der Waals surface area contributed by atoms with E-state index in [9.17, 15) is 0 Å². The van der Waals surface area contributed by atoms with E-state index in [0.717, 1.165) is 26.2 Å². The standard InChI is InChI=1S/C21H35N5/c1-3-10-20-18(8-1)22-12-13-23-19-9-2-4-11-21(19)25-15-17-7-5-6-16(26-17)14-24-20/h5-7,18-25H,1-4,8-15H2/t18?,19?,20-,21?/m0/s1. The molecule has 144 valence electrons. The first-order chi connectivity index (χ1) is 12.9. The van der Waals surface area contributed by atoms with Crippen molar-refractivity contribution in [1.82, 2.24) is 26.3 Å². The lowest BCUT2D eigenvalue weighted by atomic mass is 9.89. The molecule has 2 bridgehead atoms. The van der Waals surface area contributed by atoms with E-state index in [1.807, 2.05) is 0 Å². The minimum Gasteiger partial charge on any atom is -0.311 e. The van der Waals surface area contributed by atoms with Crippen molar-refractivity contribution < 1.29 is 0 Å². The van der Waals surface area contributed by atoms with Crippen LogP contribution in [0.5, 0.6) is 0 Å². The van der Waals surface area contributed by atoms with Gasteiger partial charge in [0.25, 0.3) is 0 Å². The Labute approximate surface area is 158 Å². The number of hydrogen-bond donors (Lipinski definition) is 4. The first kappa shape index (κ1) is 18.4. The number of nitrogens with one attached hydrogen (secondary N) is 4. The van der Waals surface area contributed by atoms with Crippen LogP contribution in [0.3, 0.4) is 0 Å². The predicted molar refractivity (Wildman–Crippen MR) is 106 cm³/mol. The zero-order chi connectivity index (χ0) is 17.6. The summed E-state index contributed by atoms with van der Waals surface area (Å²) in [5.74, 6) is 0. The SMILES string of the molecule is c1cc2nc(c1)CN[C@H]1CCCCC1NCCNC1CCCCC1NC2. The zero-order valence-electron chi connectivity index (χ0n) is 16.0. The van der Waals surface area contributed by atoms with Crippen LogP contribution >= 0.6 is 0 Å². The van der Waals surface area contributed by atoms with Crippen molar-refractivity contribution in [2.45, 2.75) is 88.6 Å². The van der Waals surface area contributed by atoms with Crippen molar-refractivity contribution in [2.24, 2.45) is 0 Å². The maximum atomic E-state index is 4.89. The van der Waals surface area contributed by atoms with Crippen LogP contribution in [-0.2, 0) is 13.1 Å². The van der Waals surface area contributed by atoms with E-state index in [1.165, 1.54) is 62.8 Å². The molecule has 3 aliphatic rings. The fraction of sp³-hybridized carbons (Fsp3) is 0.762. The third-order valence-electron chi connectivity index (χ3n) is 6.43. The number of pyridine rings is 1. The Hall–Kier alpha value is -1.01. The lowest BCUT2D eigenvalue weighted by Gasteiger charge is -2.34. The van der Waals surface area contributed by atoms with Crippen LogP contribution in [-0.4, -0.2) is 42.2 Å². The van der Waals surface area contributed by atoms with Gasteiger partial charge in [-0.05, 0) is 37.8 Å². The topological polar surface area (TPSA) is 61.0 Å². The molecular weight excluding hydrogens is 322 g/mol. The summed E-state index contributed by atoms with van der Waals surface area (Å²) in [5, 5.41) is 15.2. The van der Waals surface area contributed by atoms with Gasteiger partial charge in [-0.1, -0.05) is 31.7 Å². The summed E-state index contributed by atoms with van der Waals surface area (Å²) >= 11 is 0. The first-order valence-electron chi connectivity index (χ1n) is 10.8. The largest absolute Gasteiger partial charge is 0.311 e. The number of rotatable bonds is 0. The Morgan fingerprint density at radius 2 is 1.04 bits per heavy atom. The molecule has 0 radical (unpaired) electrons. The van der Waals surface area contributed by atoms with Crippen molar-refractivity contribution in [2.75, 3.05) is 13.1 Å². The highest BCUT2D eigenvalue weighted by Crippen LogP contribution is 2.20. The summed E-state index contributed by atoms with van der Waals surface area (Å²) in [6.45, 7) is 3.89. The summed E-state index contributed by atoms with van der Waals surface area (Å²) in [6, 6.07) is 8.81. The Bertz CT molecular complexity index is 518. The Balaban J connectivity index is 1.47. The Morgan fingerprint density at radius 1 is 0.615 bits per heavy atom. The summed E-state index contributed by atoms with van der Waals surface area (Å²) < 4.78 is 0. The zero-order valence-corrected chi connectivity index (χ0v) is 16.0. The van der Waals surface area contributed by atoms with Crippen LogP contribution in [0, 0.1) is 0 Å². The van der Waals surface area contributed by atoms with Gasteiger partial charge in [-0.15, -0.1) is 0 Å². The van der Waals surface area contributed by atoms with Crippen molar-refractivity contribution in [3.8, 4) is 0 Å².